The molecule has 0 spiro atoms. The number of ether oxygens (including phenoxy) is 1. The smallest absolute Gasteiger partial charge is 0.203 e. The molecule has 2 aromatic heterocycles. The van der Waals surface area contributed by atoms with E-state index in [0.717, 1.165) is 17.0 Å². The van der Waals surface area contributed by atoms with Crippen LogP contribution in [-0.4, -0.2) is 22.4 Å². The summed E-state index contributed by atoms with van der Waals surface area (Å²) in [5, 5.41) is 11.8. The third-order valence-electron chi connectivity index (χ3n) is 3.74. The minimum atomic E-state index is -0.893. The topological polar surface area (TPSA) is 67.9 Å². The van der Waals surface area contributed by atoms with E-state index in [-0.39, 0.29) is 5.78 Å². The third kappa shape index (κ3) is 2.94. The molecule has 2 heterocycles. The van der Waals surface area contributed by atoms with E-state index >= 15 is 0 Å². The van der Waals surface area contributed by atoms with Gasteiger partial charge in [-0.05, 0) is 36.4 Å². The maximum Gasteiger partial charge on any atom is 0.203 e. The van der Waals surface area contributed by atoms with Gasteiger partial charge in [-0.1, -0.05) is 0 Å². The van der Waals surface area contributed by atoms with E-state index in [2.05, 4.69) is 11.1 Å². The number of nitrogens with zero attached hydrogens (tertiary/aromatic N) is 3. The van der Waals surface area contributed by atoms with Gasteiger partial charge in [0.05, 0.1) is 24.6 Å². The molecule has 0 unspecified atom stereocenters. The third-order valence-corrected chi connectivity index (χ3v) is 4.65. The Bertz CT molecular complexity index is 903. The Labute approximate surface area is 143 Å². The highest BCUT2D eigenvalue weighted by molar-refractivity contribution is 7.10. The lowest BCUT2D eigenvalue weighted by atomic mass is 10.0. The number of rotatable bonds is 5. The standard InChI is InChI=1S/C18H15N3O2S/c1-21-9-3-4-16(21)17(22)14(10-19)18-20-15(11-24-18)12-5-7-13(23-2)8-6-12/h3-9,11,14H,1-2H3/t14-/m0/s1. The van der Waals surface area contributed by atoms with Crippen LogP contribution >= 0.6 is 11.3 Å². The second-order valence-electron chi connectivity index (χ2n) is 5.23. The molecule has 24 heavy (non-hydrogen) atoms. The lowest BCUT2D eigenvalue weighted by molar-refractivity contribution is 0.0971. The predicted molar refractivity (Wildman–Crippen MR) is 92.2 cm³/mol. The maximum absolute atomic E-state index is 12.6. The predicted octanol–water partition coefficient (Wildman–Crippen LogP) is 3.65. The molecule has 0 radical (unpaired) electrons. The van der Waals surface area contributed by atoms with E-state index in [1.54, 1.807) is 37.1 Å². The van der Waals surface area contributed by atoms with Crippen LogP contribution in [0.4, 0.5) is 0 Å². The highest BCUT2D eigenvalue weighted by atomic mass is 32.1. The molecule has 3 aromatic rings. The highest BCUT2D eigenvalue weighted by Gasteiger charge is 2.26. The zero-order valence-electron chi connectivity index (χ0n) is 13.3. The van der Waals surface area contributed by atoms with Crippen LogP contribution in [0.25, 0.3) is 11.3 Å². The van der Waals surface area contributed by atoms with Crippen LogP contribution in [0.3, 0.4) is 0 Å². The summed E-state index contributed by atoms with van der Waals surface area (Å²) in [7, 11) is 3.40. The molecule has 120 valence electrons. The fourth-order valence-electron chi connectivity index (χ4n) is 2.41. The average molecular weight is 337 g/mol. The van der Waals surface area contributed by atoms with E-state index in [4.69, 9.17) is 4.74 Å². The number of carbonyl (C=O) groups is 1. The molecular formula is C18H15N3O2S. The van der Waals surface area contributed by atoms with Gasteiger partial charge in [-0.3, -0.25) is 4.79 Å². The van der Waals surface area contributed by atoms with Crippen LogP contribution < -0.4 is 4.74 Å². The monoisotopic (exact) mass is 337 g/mol. The number of aromatic nitrogens is 2. The van der Waals surface area contributed by atoms with E-state index in [1.165, 1.54) is 11.3 Å². The van der Waals surface area contributed by atoms with Gasteiger partial charge < -0.3 is 9.30 Å². The molecule has 0 N–H and O–H groups in total. The van der Waals surface area contributed by atoms with Gasteiger partial charge in [0, 0.05) is 24.2 Å². The quantitative estimate of drug-likeness (QED) is 0.667. The lowest BCUT2D eigenvalue weighted by Gasteiger charge is -2.06. The van der Waals surface area contributed by atoms with Crippen molar-refractivity contribution in [2.24, 2.45) is 7.05 Å². The molecule has 0 aliphatic rings. The van der Waals surface area contributed by atoms with Crippen LogP contribution in [0, 0.1) is 11.3 Å². The summed E-state index contributed by atoms with van der Waals surface area (Å²) in [4.78, 5) is 17.1. The number of ketones is 1. The number of nitriles is 1. The molecule has 3 rings (SSSR count). The normalized spacial score (nSPS) is 11.7. The van der Waals surface area contributed by atoms with Crippen molar-refractivity contribution >= 4 is 17.1 Å². The molecule has 1 atom stereocenters. The summed E-state index contributed by atoms with van der Waals surface area (Å²) >= 11 is 1.32. The summed E-state index contributed by atoms with van der Waals surface area (Å²) in [6.07, 6.45) is 1.78. The molecule has 0 saturated heterocycles. The van der Waals surface area contributed by atoms with Gasteiger partial charge in [0.25, 0.3) is 0 Å². The first-order valence-corrected chi connectivity index (χ1v) is 8.17. The van der Waals surface area contributed by atoms with Crippen molar-refractivity contribution in [3.8, 4) is 23.1 Å². The van der Waals surface area contributed by atoms with Gasteiger partial charge >= 0.3 is 0 Å². The van der Waals surface area contributed by atoms with E-state index in [9.17, 15) is 10.1 Å². The average Bonchev–Trinajstić information content (AvgIpc) is 3.25. The summed E-state index contributed by atoms with van der Waals surface area (Å²) < 4.78 is 6.85. The van der Waals surface area contributed by atoms with Crippen molar-refractivity contribution in [1.82, 2.24) is 9.55 Å². The van der Waals surface area contributed by atoms with Crippen molar-refractivity contribution < 1.29 is 9.53 Å². The fraction of sp³-hybridized carbons (Fsp3) is 0.167. The second kappa shape index (κ2) is 6.69. The number of Topliss-reactive ketones (excluding diaryl/α,β-unsaturated/α-hetero) is 1. The Kier molecular flexibility index (Phi) is 4.45. The fourth-order valence-corrected chi connectivity index (χ4v) is 3.27. The van der Waals surface area contributed by atoms with Crippen molar-refractivity contribution in [3.05, 3.63) is 58.7 Å². The first kappa shape index (κ1) is 16.0. The SMILES string of the molecule is COc1ccc(-c2csc([C@@H](C#N)C(=O)c3cccn3C)n2)cc1. The van der Waals surface area contributed by atoms with E-state index in [0.29, 0.717) is 10.7 Å². The summed E-state index contributed by atoms with van der Waals surface area (Å²) in [6, 6.07) is 13.1. The Morgan fingerprint density at radius 1 is 1.33 bits per heavy atom. The van der Waals surface area contributed by atoms with Crippen LogP contribution in [0.5, 0.6) is 5.75 Å². The summed E-state index contributed by atoms with van der Waals surface area (Å²) in [5.74, 6) is -0.362. The molecule has 0 aliphatic heterocycles. The van der Waals surface area contributed by atoms with Crippen LogP contribution in [0.15, 0.2) is 48.0 Å². The molecule has 0 saturated carbocycles. The highest BCUT2D eigenvalue weighted by Crippen LogP contribution is 2.29. The van der Waals surface area contributed by atoms with Crippen molar-refractivity contribution in [2.45, 2.75) is 5.92 Å². The van der Waals surface area contributed by atoms with Crippen molar-refractivity contribution in [2.75, 3.05) is 7.11 Å². The number of thiazole rings is 1. The lowest BCUT2D eigenvalue weighted by Crippen LogP contribution is -2.14. The molecule has 6 heteroatoms. The van der Waals surface area contributed by atoms with Gasteiger partial charge in [0.15, 0.2) is 5.92 Å². The van der Waals surface area contributed by atoms with E-state index in [1.807, 2.05) is 29.6 Å². The molecule has 0 bridgehead atoms. The summed E-state index contributed by atoms with van der Waals surface area (Å²) in [6.45, 7) is 0. The van der Waals surface area contributed by atoms with Gasteiger partial charge in [-0.2, -0.15) is 5.26 Å². The zero-order valence-corrected chi connectivity index (χ0v) is 14.1. The van der Waals surface area contributed by atoms with Crippen LogP contribution in [0.2, 0.25) is 0 Å². The Balaban J connectivity index is 1.89. The summed E-state index contributed by atoms with van der Waals surface area (Å²) in [5.41, 5.74) is 2.17. The van der Waals surface area contributed by atoms with Crippen LogP contribution in [0.1, 0.15) is 21.4 Å². The maximum atomic E-state index is 12.6. The minimum absolute atomic E-state index is 0.236. The Hall–Kier alpha value is -2.91. The number of methoxy groups -OCH3 is 1. The van der Waals surface area contributed by atoms with Crippen molar-refractivity contribution in [1.29, 1.82) is 5.26 Å². The molecular weight excluding hydrogens is 322 g/mol. The van der Waals surface area contributed by atoms with Gasteiger partial charge in [-0.15, -0.1) is 11.3 Å². The molecule has 0 fully saturated rings. The Morgan fingerprint density at radius 3 is 2.67 bits per heavy atom. The van der Waals surface area contributed by atoms with Crippen LogP contribution in [-0.2, 0) is 7.05 Å². The van der Waals surface area contributed by atoms with E-state index < -0.39 is 5.92 Å². The number of hydrogen-bond donors (Lipinski definition) is 0. The zero-order chi connectivity index (χ0) is 17.1. The first-order valence-electron chi connectivity index (χ1n) is 7.29. The molecule has 5 nitrogen and oxygen atoms in total. The van der Waals surface area contributed by atoms with Gasteiger partial charge in [0.2, 0.25) is 5.78 Å². The number of carbonyl (C=O) groups excluding carboxylic acids is 1. The first-order chi connectivity index (χ1) is 11.6. The van der Waals surface area contributed by atoms with Gasteiger partial charge in [0.1, 0.15) is 10.8 Å². The number of hydrogen-bond acceptors (Lipinski definition) is 5. The molecule has 1 aromatic carbocycles. The second-order valence-corrected chi connectivity index (χ2v) is 6.12. The van der Waals surface area contributed by atoms with Crippen molar-refractivity contribution in [3.63, 3.8) is 0 Å². The Morgan fingerprint density at radius 2 is 2.08 bits per heavy atom. The largest absolute Gasteiger partial charge is 0.497 e. The minimum Gasteiger partial charge on any atom is -0.497 e. The van der Waals surface area contributed by atoms with Gasteiger partial charge in [-0.25, -0.2) is 4.98 Å². The number of aryl methyl sites for hydroxylation is 1. The molecule has 0 amide bonds. The molecule has 0 aliphatic carbocycles. The number of benzene rings is 1.